The predicted molar refractivity (Wildman–Crippen MR) is 121 cm³/mol. The van der Waals surface area contributed by atoms with Gasteiger partial charge in [0.2, 0.25) is 5.91 Å². The van der Waals surface area contributed by atoms with Gasteiger partial charge in [0.15, 0.2) is 0 Å². The number of ether oxygens (including phenoxy) is 1. The van der Waals surface area contributed by atoms with Crippen LogP contribution in [0.5, 0.6) is 5.75 Å². The van der Waals surface area contributed by atoms with Crippen LogP contribution in [0.4, 0.5) is 0 Å². The monoisotopic (exact) mass is 410 g/mol. The van der Waals surface area contributed by atoms with Gasteiger partial charge in [-0.1, -0.05) is 19.3 Å². The van der Waals surface area contributed by atoms with Crippen LogP contribution in [0.25, 0.3) is 16.5 Å². The summed E-state index contributed by atoms with van der Waals surface area (Å²) in [7, 11) is 1.67. The summed E-state index contributed by atoms with van der Waals surface area (Å²) in [4.78, 5) is 17.6. The maximum Gasteiger partial charge on any atom is 0.246 e. The van der Waals surface area contributed by atoms with Crippen LogP contribution >= 0.6 is 0 Å². The summed E-state index contributed by atoms with van der Waals surface area (Å²) >= 11 is 0. The summed E-state index contributed by atoms with van der Waals surface area (Å²) < 4.78 is 11.4. The number of hydrogen-bond acceptors (Lipinski definition) is 4. The van der Waals surface area contributed by atoms with Gasteiger partial charge in [-0.25, -0.2) is 0 Å². The van der Waals surface area contributed by atoms with E-state index in [0.717, 1.165) is 71.2 Å². The van der Waals surface area contributed by atoms with E-state index in [-0.39, 0.29) is 5.91 Å². The van der Waals surface area contributed by atoms with Crippen LogP contribution in [-0.4, -0.2) is 55.0 Å². The number of nitrogens with zero attached hydrogens (tertiary/aromatic N) is 2. The highest BCUT2D eigenvalue weighted by Gasteiger charge is 2.26. The van der Waals surface area contributed by atoms with Crippen LogP contribution in [0.15, 0.2) is 22.8 Å². The number of amides is 1. The summed E-state index contributed by atoms with van der Waals surface area (Å²) in [5, 5.41) is 1.07. The third kappa shape index (κ3) is 4.00. The van der Waals surface area contributed by atoms with Gasteiger partial charge in [0.1, 0.15) is 11.3 Å². The van der Waals surface area contributed by atoms with Crippen molar-refractivity contribution in [3.63, 3.8) is 0 Å². The molecule has 1 aliphatic heterocycles. The smallest absolute Gasteiger partial charge is 0.246 e. The van der Waals surface area contributed by atoms with Gasteiger partial charge in [-0.2, -0.15) is 0 Å². The molecule has 162 valence electrons. The van der Waals surface area contributed by atoms with Gasteiger partial charge < -0.3 is 14.1 Å². The number of piperazine rings is 1. The van der Waals surface area contributed by atoms with Crippen molar-refractivity contribution < 1.29 is 13.9 Å². The quantitative estimate of drug-likeness (QED) is 0.670. The zero-order valence-corrected chi connectivity index (χ0v) is 18.8. The summed E-state index contributed by atoms with van der Waals surface area (Å²) in [6.45, 7) is 9.65. The van der Waals surface area contributed by atoms with Crippen molar-refractivity contribution in [2.75, 3.05) is 33.3 Å². The van der Waals surface area contributed by atoms with Crippen LogP contribution < -0.4 is 4.74 Å². The van der Waals surface area contributed by atoms with E-state index in [1.807, 2.05) is 25.7 Å². The minimum atomic E-state index is 0.0968. The number of fused-ring (bicyclic) bond motifs is 1. The lowest BCUT2D eigenvalue weighted by Gasteiger charge is -2.40. The van der Waals surface area contributed by atoms with E-state index in [9.17, 15) is 4.79 Å². The average molecular weight is 411 g/mol. The van der Waals surface area contributed by atoms with E-state index in [2.05, 4.69) is 11.0 Å². The van der Waals surface area contributed by atoms with Crippen molar-refractivity contribution in [1.29, 1.82) is 0 Å². The summed E-state index contributed by atoms with van der Waals surface area (Å²) in [5.41, 5.74) is 4.80. The normalized spacial score (nSPS) is 19.5. The van der Waals surface area contributed by atoms with E-state index in [4.69, 9.17) is 9.15 Å². The standard InChI is InChI=1S/C25H34N2O3/c1-17(21-15-22-18(2)16-30-25(22)19(3)24(21)29-4)14-23(28)27-12-10-26(11-13-27)20-8-6-5-7-9-20/h14-16,20H,5-13H2,1-4H3/b17-14+. The molecule has 2 fully saturated rings. The second-order valence-electron chi connectivity index (χ2n) is 8.86. The number of carbonyl (C=O) groups excluding carboxylic acids is 1. The van der Waals surface area contributed by atoms with Crippen LogP contribution in [0.2, 0.25) is 0 Å². The molecule has 0 spiro atoms. The molecular weight excluding hydrogens is 376 g/mol. The van der Waals surface area contributed by atoms with Gasteiger partial charge in [0.05, 0.1) is 13.4 Å². The van der Waals surface area contributed by atoms with E-state index >= 15 is 0 Å². The van der Waals surface area contributed by atoms with Gasteiger partial charge in [-0.15, -0.1) is 0 Å². The average Bonchev–Trinajstić information content (AvgIpc) is 3.15. The van der Waals surface area contributed by atoms with Gasteiger partial charge >= 0.3 is 0 Å². The van der Waals surface area contributed by atoms with E-state index in [1.165, 1.54) is 32.1 Å². The molecule has 0 bridgehead atoms. The third-order valence-electron chi connectivity index (χ3n) is 6.92. The fourth-order valence-corrected chi connectivity index (χ4v) is 5.10. The van der Waals surface area contributed by atoms with E-state index < -0.39 is 0 Å². The zero-order chi connectivity index (χ0) is 21.3. The molecule has 1 aliphatic carbocycles. The molecule has 2 aliphatic rings. The predicted octanol–water partition coefficient (Wildman–Crippen LogP) is 4.94. The van der Waals surface area contributed by atoms with Crippen LogP contribution in [-0.2, 0) is 4.79 Å². The highest BCUT2D eigenvalue weighted by molar-refractivity contribution is 5.98. The Balaban J connectivity index is 1.49. The van der Waals surface area contributed by atoms with Gasteiger partial charge in [0, 0.05) is 54.8 Å². The lowest BCUT2D eigenvalue weighted by molar-refractivity contribution is -0.128. The molecule has 1 saturated carbocycles. The number of benzene rings is 1. The van der Waals surface area contributed by atoms with Crippen molar-refractivity contribution in [3.8, 4) is 5.75 Å². The van der Waals surface area contributed by atoms with Crippen molar-refractivity contribution in [1.82, 2.24) is 9.80 Å². The highest BCUT2D eigenvalue weighted by atomic mass is 16.5. The lowest BCUT2D eigenvalue weighted by Crippen LogP contribution is -2.52. The Morgan fingerprint density at radius 1 is 1.13 bits per heavy atom. The molecule has 0 unspecified atom stereocenters. The van der Waals surface area contributed by atoms with Crippen LogP contribution in [0.1, 0.15) is 55.7 Å². The Kier molecular flexibility index (Phi) is 6.19. The van der Waals surface area contributed by atoms with E-state index in [1.54, 1.807) is 19.4 Å². The minimum absolute atomic E-state index is 0.0968. The van der Waals surface area contributed by atoms with Crippen molar-refractivity contribution in [2.24, 2.45) is 0 Å². The van der Waals surface area contributed by atoms with Crippen LogP contribution in [0, 0.1) is 13.8 Å². The maximum atomic E-state index is 13.0. The molecule has 1 aromatic carbocycles. The zero-order valence-electron chi connectivity index (χ0n) is 18.8. The van der Waals surface area contributed by atoms with Crippen molar-refractivity contribution in [3.05, 3.63) is 35.1 Å². The first-order valence-electron chi connectivity index (χ1n) is 11.3. The molecule has 30 heavy (non-hydrogen) atoms. The molecule has 5 nitrogen and oxygen atoms in total. The highest BCUT2D eigenvalue weighted by Crippen LogP contribution is 2.37. The molecule has 0 radical (unpaired) electrons. The second-order valence-corrected chi connectivity index (χ2v) is 8.86. The summed E-state index contributed by atoms with van der Waals surface area (Å²) in [5.74, 6) is 0.875. The summed E-state index contributed by atoms with van der Waals surface area (Å²) in [6, 6.07) is 2.81. The molecule has 2 aromatic rings. The fourth-order valence-electron chi connectivity index (χ4n) is 5.10. The first-order chi connectivity index (χ1) is 14.5. The van der Waals surface area contributed by atoms with Gasteiger partial charge in [-0.3, -0.25) is 9.69 Å². The second kappa shape index (κ2) is 8.84. The number of carbonyl (C=O) groups is 1. The SMILES string of the molecule is COc1c(/C(C)=C/C(=O)N2CCN(C3CCCCC3)CC2)cc2c(C)coc2c1C. The number of hydrogen-bond donors (Lipinski definition) is 0. The molecule has 0 atom stereocenters. The minimum Gasteiger partial charge on any atom is -0.496 e. The number of rotatable bonds is 4. The number of methoxy groups -OCH3 is 1. The third-order valence-corrected chi connectivity index (χ3v) is 6.92. The maximum absolute atomic E-state index is 13.0. The molecule has 4 rings (SSSR count). The molecule has 5 heteroatoms. The number of furan rings is 1. The topological polar surface area (TPSA) is 45.9 Å². The van der Waals surface area contributed by atoms with Crippen molar-refractivity contribution in [2.45, 2.75) is 58.9 Å². The molecule has 1 saturated heterocycles. The molecule has 2 heterocycles. The first-order valence-corrected chi connectivity index (χ1v) is 11.3. The first kappa shape index (κ1) is 21.0. The lowest BCUT2D eigenvalue weighted by atomic mass is 9.94. The largest absolute Gasteiger partial charge is 0.496 e. The molecule has 1 amide bonds. The van der Waals surface area contributed by atoms with Gasteiger partial charge in [-0.05, 0) is 50.8 Å². The van der Waals surface area contributed by atoms with Crippen LogP contribution in [0.3, 0.4) is 0 Å². The number of aryl methyl sites for hydroxylation is 2. The Bertz CT molecular complexity index is 945. The van der Waals surface area contributed by atoms with E-state index in [0.29, 0.717) is 0 Å². The Morgan fingerprint density at radius 3 is 2.50 bits per heavy atom. The summed E-state index contributed by atoms with van der Waals surface area (Å²) in [6.07, 6.45) is 10.3. The molecular formula is C25H34N2O3. The molecule has 0 N–H and O–H groups in total. The number of allylic oxidation sites excluding steroid dienone is 1. The molecule has 1 aromatic heterocycles. The Labute approximate surface area is 179 Å². The van der Waals surface area contributed by atoms with Gasteiger partial charge in [0.25, 0.3) is 0 Å². The Hall–Kier alpha value is -2.27. The fraction of sp³-hybridized carbons (Fsp3) is 0.560. The Morgan fingerprint density at radius 2 is 1.83 bits per heavy atom. The van der Waals surface area contributed by atoms with Crippen molar-refractivity contribution >= 4 is 22.4 Å².